The van der Waals surface area contributed by atoms with Crippen LogP contribution in [-0.4, -0.2) is 18.6 Å². The fourth-order valence-corrected chi connectivity index (χ4v) is 4.64. The molecule has 0 radical (unpaired) electrons. The highest BCUT2D eigenvalue weighted by Crippen LogP contribution is 2.40. The quantitative estimate of drug-likeness (QED) is 0.885. The minimum absolute atomic E-state index is 0.160. The van der Waals surface area contributed by atoms with Gasteiger partial charge in [-0.15, -0.1) is 0 Å². The summed E-state index contributed by atoms with van der Waals surface area (Å²) in [7, 11) is 0. The molecule has 2 aromatic rings. The maximum Gasteiger partial charge on any atom is 0.0398 e. The molecule has 0 saturated carbocycles. The van der Waals surface area contributed by atoms with E-state index in [4.69, 9.17) is 0 Å². The van der Waals surface area contributed by atoms with Gasteiger partial charge in [0.15, 0.2) is 0 Å². The number of hydrogen-bond donors (Lipinski definition) is 1. The van der Waals surface area contributed by atoms with Crippen molar-refractivity contribution in [3.05, 3.63) is 65.2 Å². The smallest absolute Gasteiger partial charge is 0.0398 e. The molecule has 0 aliphatic carbocycles. The highest BCUT2D eigenvalue weighted by atomic mass is 15.1. The summed E-state index contributed by atoms with van der Waals surface area (Å²) >= 11 is 0. The van der Waals surface area contributed by atoms with Gasteiger partial charge < -0.3 is 10.2 Å². The van der Waals surface area contributed by atoms with E-state index >= 15 is 0 Å². The molecule has 0 aromatic heterocycles. The third-order valence-electron chi connectivity index (χ3n) is 5.69. The summed E-state index contributed by atoms with van der Waals surface area (Å²) in [5.74, 6) is 0.612. The van der Waals surface area contributed by atoms with Gasteiger partial charge in [-0.1, -0.05) is 42.5 Å². The third kappa shape index (κ3) is 2.73. The molecule has 0 fully saturated rings. The van der Waals surface area contributed by atoms with Crippen molar-refractivity contribution in [3.8, 4) is 0 Å². The van der Waals surface area contributed by atoms with Crippen LogP contribution in [0.15, 0.2) is 48.5 Å². The van der Waals surface area contributed by atoms with Gasteiger partial charge in [-0.05, 0) is 62.3 Å². The third-order valence-corrected chi connectivity index (χ3v) is 5.69. The minimum atomic E-state index is 0.160. The van der Waals surface area contributed by atoms with E-state index in [0.29, 0.717) is 12.0 Å². The molecular weight excluding hydrogens is 292 g/mol. The number of hydrogen-bond acceptors (Lipinski definition) is 2. The first-order valence-corrected chi connectivity index (χ1v) is 9.26. The number of rotatable bonds is 2. The highest BCUT2D eigenvalue weighted by Gasteiger charge is 2.37. The zero-order chi connectivity index (χ0) is 16.7. The average molecular weight is 320 g/mol. The Morgan fingerprint density at radius 3 is 2.54 bits per heavy atom. The molecule has 1 N–H and O–H groups in total. The molecule has 126 valence electrons. The summed E-state index contributed by atoms with van der Waals surface area (Å²) in [6, 6.07) is 18.4. The van der Waals surface area contributed by atoms with Crippen LogP contribution in [-0.2, 0) is 12.8 Å². The molecule has 0 saturated heterocycles. The second-order valence-electron chi connectivity index (χ2n) is 8.01. The lowest BCUT2D eigenvalue weighted by atomic mass is 9.76. The summed E-state index contributed by atoms with van der Waals surface area (Å²) < 4.78 is 0. The number of nitrogens with zero attached hydrogens (tertiary/aromatic N) is 1. The second-order valence-corrected chi connectivity index (χ2v) is 8.01. The zero-order valence-electron chi connectivity index (χ0n) is 15.0. The summed E-state index contributed by atoms with van der Waals surface area (Å²) in [6.45, 7) is 9.15. The van der Waals surface area contributed by atoms with Crippen molar-refractivity contribution < 1.29 is 0 Å². The molecule has 0 spiro atoms. The first-order valence-electron chi connectivity index (χ1n) is 9.26. The molecule has 2 heteroatoms. The molecule has 2 atom stereocenters. The predicted octanol–water partition coefficient (Wildman–Crippen LogP) is 4.35. The Morgan fingerprint density at radius 2 is 1.75 bits per heavy atom. The molecule has 0 bridgehead atoms. The zero-order valence-corrected chi connectivity index (χ0v) is 15.0. The average Bonchev–Trinajstić information content (AvgIpc) is 2.59. The molecule has 2 heterocycles. The fourth-order valence-electron chi connectivity index (χ4n) is 4.64. The molecule has 4 rings (SSSR count). The Labute approximate surface area is 145 Å². The van der Waals surface area contributed by atoms with Crippen LogP contribution in [0.4, 0.5) is 5.69 Å². The SMILES string of the molecule is CCN1CC(C2NC(C)(C)Cc3ccccc32)Cc2ccccc21. The normalized spacial score (nSPS) is 25.0. The van der Waals surface area contributed by atoms with Crippen molar-refractivity contribution >= 4 is 5.69 Å². The summed E-state index contributed by atoms with van der Waals surface area (Å²) in [5.41, 5.74) is 6.12. The van der Waals surface area contributed by atoms with Gasteiger partial charge in [0.25, 0.3) is 0 Å². The first-order chi connectivity index (χ1) is 11.6. The van der Waals surface area contributed by atoms with Gasteiger partial charge in [-0.25, -0.2) is 0 Å². The Morgan fingerprint density at radius 1 is 1.04 bits per heavy atom. The minimum Gasteiger partial charge on any atom is -0.371 e. The van der Waals surface area contributed by atoms with E-state index in [1.54, 1.807) is 0 Å². The number of fused-ring (bicyclic) bond motifs is 2. The van der Waals surface area contributed by atoms with Gasteiger partial charge in [0.2, 0.25) is 0 Å². The van der Waals surface area contributed by atoms with Crippen LogP contribution in [0, 0.1) is 5.92 Å². The monoisotopic (exact) mass is 320 g/mol. The van der Waals surface area contributed by atoms with E-state index in [1.165, 1.54) is 22.4 Å². The van der Waals surface area contributed by atoms with Crippen LogP contribution in [0.25, 0.3) is 0 Å². The standard InChI is InChI=1S/C22H28N2/c1-4-24-15-18(13-16-9-6-8-12-20(16)24)21-19-11-7-5-10-17(19)14-22(2,3)23-21/h5-12,18,21,23H,4,13-15H2,1-3H3. The van der Waals surface area contributed by atoms with Crippen molar-refractivity contribution in [2.75, 3.05) is 18.0 Å². The van der Waals surface area contributed by atoms with E-state index in [2.05, 4.69) is 79.5 Å². The Kier molecular flexibility index (Phi) is 3.88. The summed E-state index contributed by atoms with van der Waals surface area (Å²) in [5, 5.41) is 3.97. The van der Waals surface area contributed by atoms with Crippen molar-refractivity contribution in [1.82, 2.24) is 5.32 Å². The maximum atomic E-state index is 3.97. The van der Waals surface area contributed by atoms with Crippen LogP contribution in [0.3, 0.4) is 0 Å². The van der Waals surface area contributed by atoms with E-state index in [1.807, 2.05) is 0 Å². The lowest BCUT2D eigenvalue weighted by Gasteiger charge is -2.45. The van der Waals surface area contributed by atoms with Crippen molar-refractivity contribution in [1.29, 1.82) is 0 Å². The van der Waals surface area contributed by atoms with Crippen LogP contribution >= 0.6 is 0 Å². The van der Waals surface area contributed by atoms with Crippen LogP contribution < -0.4 is 10.2 Å². The largest absolute Gasteiger partial charge is 0.371 e. The predicted molar refractivity (Wildman–Crippen MR) is 102 cm³/mol. The van der Waals surface area contributed by atoms with Gasteiger partial charge in [-0.3, -0.25) is 0 Å². The van der Waals surface area contributed by atoms with E-state index in [9.17, 15) is 0 Å². The topological polar surface area (TPSA) is 15.3 Å². The Balaban J connectivity index is 1.72. The molecule has 2 unspecified atom stereocenters. The maximum absolute atomic E-state index is 3.97. The number of anilines is 1. The lowest BCUT2D eigenvalue weighted by molar-refractivity contribution is 0.242. The van der Waals surface area contributed by atoms with Gasteiger partial charge in [0.05, 0.1) is 0 Å². The van der Waals surface area contributed by atoms with Gasteiger partial charge in [-0.2, -0.15) is 0 Å². The highest BCUT2D eigenvalue weighted by molar-refractivity contribution is 5.56. The first kappa shape index (κ1) is 15.7. The van der Waals surface area contributed by atoms with Crippen LogP contribution in [0.1, 0.15) is 43.5 Å². The van der Waals surface area contributed by atoms with E-state index < -0.39 is 0 Å². The molecular formula is C22H28N2. The molecule has 2 aliphatic rings. The van der Waals surface area contributed by atoms with E-state index in [-0.39, 0.29) is 5.54 Å². The van der Waals surface area contributed by atoms with Crippen molar-refractivity contribution in [3.63, 3.8) is 0 Å². The second kappa shape index (κ2) is 5.93. The van der Waals surface area contributed by atoms with Gasteiger partial charge in [0, 0.05) is 30.4 Å². The Hall–Kier alpha value is -1.80. The van der Waals surface area contributed by atoms with Crippen molar-refractivity contribution in [2.24, 2.45) is 5.92 Å². The molecule has 2 aromatic carbocycles. The fraction of sp³-hybridized carbons (Fsp3) is 0.455. The van der Waals surface area contributed by atoms with Gasteiger partial charge in [0.1, 0.15) is 0 Å². The van der Waals surface area contributed by atoms with Crippen molar-refractivity contribution in [2.45, 2.75) is 45.2 Å². The molecule has 24 heavy (non-hydrogen) atoms. The molecule has 2 nitrogen and oxygen atoms in total. The molecule has 2 aliphatic heterocycles. The lowest BCUT2D eigenvalue weighted by Crippen LogP contribution is -2.52. The summed E-state index contributed by atoms with van der Waals surface area (Å²) in [4.78, 5) is 2.55. The van der Waals surface area contributed by atoms with Crippen LogP contribution in [0.2, 0.25) is 0 Å². The number of nitrogens with one attached hydrogen (secondary N) is 1. The number of benzene rings is 2. The number of para-hydroxylation sites is 1. The Bertz CT molecular complexity index is 734. The van der Waals surface area contributed by atoms with Crippen LogP contribution in [0.5, 0.6) is 0 Å². The summed E-state index contributed by atoms with van der Waals surface area (Å²) in [6.07, 6.45) is 2.27. The van der Waals surface area contributed by atoms with Gasteiger partial charge >= 0.3 is 0 Å². The molecule has 0 amide bonds. The van der Waals surface area contributed by atoms with E-state index in [0.717, 1.165) is 25.9 Å².